The molecule has 0 fully saturated rings. The van der Waals surface area contributed by atoms with E-state index in [-0.39, 0.29) is 0 Å². The molecule has 0 unspecified atom stereocenters. The fraction of sp³-hybridized carbons (Fsp3) is 0.462. The molecule has 2 aromatic rings. The minimum atomic E-state index is -0.826. The fourth-order valence-corrected chi connectivity index (χ4v) is 3.47. The maximum Gasteiger partial charge on any atom is 0.309 e. The molecule has 0 atom stereocenters. The molecule has 0 bridgehead atoms. The van der Waals surface area contributed by atoms with E-state index in [1.54, 1.807) is 39.8 Å². The summed E-state index contributed by atoms with van der Waals surface area (Å²) in [5.41, 5.74) is -0.0140. The molecule has 0 spiro atoms. The average molecular weight is 477 g/mol. The molecule has 0 aliphatic rings. The van der Waals surface area contributed by atoms with Crippen LogP contribution in [0.25, 0.3) is 11.1 Å². The van der Waals surface area contributed by atoms with Crippen LogP contribution < -0.4 is 9.47 Å². The van der Waals surface area contributed by atoms with E-state index in [1.807, 2.05) is 30.3 Å². The Morgan fingerprint density at radius 3 is 1.91 bits per heavy atom. The van der Waals surface area contributed by atoms with Crippen LogP contribution in [0.2, 0.25) is 5.02 Å². The number of benzene rings is 2. The number of halogens is 1. The summed E-state index contributed by atoms with van der Waals surface area (Å²) in [5, 5.41) is 19.1. The molecule has 7 heteroatoms. The first kappa shape index (κ1) is 26.5. The van der Waals surface area contributed by atoms with Crippen molar-refractivity contribution >= 4 is 23.5 Å². The standard InChI is InChI=1S/C26H33ClO6/c1-25(2,23(28)29)13-7-15-32-18-11-12-22(33-16-8-14-26(3,4)24(30)31)20(17-18)19-9-5-6-10-21(19)27/h5-6,9-12,17H,7-8,13-16H2,1-4H3,(H,28,29)(H,30,31). The van der Waals surface area contributed by atoms with Crippen LogP contribution >= 0.6 is 11.6 Å². The molecule has 0 aliphatic carbocycles. The second kappa shape index (κ2) is 11.4. The third-order valence-corrected chi connectivity index (χ3v) is 6.02. The highest BCUT2D eigenvalue weighted by Crippen LogP contribution is 2.38. The van der Waals surface area contributed by atoms with E-state index in [1.165, 1.54) is 0 Å². The zero-order chi connectivity index (χ0) is 24.6. The molecule has 6 nitrogen and oxygen atoms in total. The number of carboxylic acid groups (broad SMARTS) is 2. The number of hydrogen-bond acceptors (Lipinski definition) is 4. The van der Waals surface area contributed by atoms with Crippen molar-refractivity contribution in [1.29, 1.82) is 0 Å². The van der Waals surface area contributed by atoms with Gasteiger partial charge < -0.3 is 19.7 Å². The highest BCUT2D eigenvalue weighted by Gasteiger charge is 2.27. The van der Waals surface area contributed by atoms with Gasteiger partial charge in [-0.15, -0.1) is 0 Å². The highest BCUT2D eigenvalue weighted by atomic mass is 35.5. The Labute approximate surface area is 200 Å². The van der Waals surface area contributed by atoms with Crippen LogP contribution in [-0.2, 0) is 9.59 Å². The Morgan fingerprint density at radius 1 is 0.818 bits per heavy atom. The summed E-state index contributed by atoms with van der Waals surface area (Å²) in [6.45, 7) is 7.58. The highest BCUT2D eigenvalue weighted by molar-refractivity contribution is 6.33. The fourth-order valence-electron chi connectivity index (χ4n) is 3.23. The summed E-state index contributed by atoms with van der Waals surface area (Å²) in [6.07, 6.45) is 2.21. The van der Waals surface area contributed by atoms with Crippen molar-refractivity contribution in [2.75, 3.05) is 13.2 Å². The maximum atomic E-state index is 11.3. The molecule has 0 amide bonds. The molecular formula is C26H33ClO6. The first-order valence-electron chi connectivity index (χ1n) is 11.1. The number of aliphatic carboxylic acids is 2. The lowest BCUT2D eigenvalue weighted by molar-refractivity contribution is -0.148. The Hall–Kier alpha value is -2.73. The summed E-state index contributed by atoms with van der Waals surface area (Å²) in [5.74, 6) is -0.378. The molecule has 180 valence electrons. The molecule has 33 heavy (non-hydrogen) atoms. The predicted octanol–water partition coefficient (Wildman–Crippen LogP) is 6.55. The SMILES string of the molecule is CC(C)(CCCOc1ccc(OCCCC(C)(C)C(=O)O)c(-c2ccccc2Cl)c1)C(=O)O. The summed E-state index contributed by atoms with van der Waals surface area (Å²) in [4.78, 5) is 22.6. The largest absolute Gasteiger partial charge is 0.494 e. The van der Waals surface area contributed by atoms with Gasteiger partial charge in [0.25, 0.3) is 0 Å². The molecule has 2 rings (SSSR count). The van der Waals surface area contributed by atoms with Crippen LogP contribution in [0.1, 0.15) is 53.4 Å². The van der Waals surface area contributed by atoms with Crippen LogP contribution in [0.3, 0.4) is 0 Å². The Bertz CT molecular complexity index is 967. The van der Waals surface area contributed by atoms with Gasteiger partial charge >= 0.3 is 11.9 Å². The molecule has 0 radical (unpaired) electrons. The molecule has 0 saturated heterocycles. The second-order valence-electron chi connectivity index (χ2n) is 9.42. The lowest BCUT2D eigenvalue weighted by Gasteiger charge is -2.20. The van der Waals surface area contributed by atoms with Crippen molar-refractivity contribution in [1.82, 2.24) is 0 Å². The molecule has 0 saturated carbocycles. The third-order valence-electron chi connectivity index (χ3n) is 5.69. The van der Waals surface area contributed by atoms with Gasteiger partial charge in [0.1, 0.15) is 11.5 Å². The van der Waals surface area contributed by atoms with Crippen LogP contribution in [0, 0.1) is 10.8 Å². The number of hydrogen-bond donors (Lipinski definition) is 2. The molecule has 2 N–H and O–H groups in total. The first-order valence-corrected chi connectivity index (χ1v) is 11.4. The first-order chi connectivity index (χ1) is 15.4. The van der Waals surface area contributed by atoms with Crippen LogP contribution in [0.4, 0.5) is 0 Å². The van der Waals surface area contributed by atoms with Crippen molar-refractivity contribution in [3.63, 3.8) is 0 Å². The summed E-state index contributed by atoms with van der Waals surface area (Å²) in [6, 6.07) is 12.9. The maximum absolute atomic E-state index is 11.3. The Balaban J connectivity index is 2.11. The van der Waals surface area contributed by atoms with Crippen LogP contribution in [-0.4, -0.2) is 35.4 Å². The van der Waals surface area contributed by atoms with Gasteiger partial charge in [0.05, 0.1) is 24.0 Å². The van der Waals surface area contributed by atoms with E-state index in [0.717, 1.165) is 11.1 Å². The topological polar surface area (TPSA) is 93.1 Å². The van der Waals surface area contributed by atoms with Gasteiger partial charge in [0.15, 0.2) is 0 Å². The lowest BCUT2D eigenvalue weighted by atomic mass is 9.88. The number of carbonyl (C=O) groups is 2. The van der Waals surface area contributed by atoms with Gasteiger partial charge in [0.2, 0.25) is 0 Å². The van der Waals surface area contributed by atoms with Crippen LogP contribution in [0.5, 0.6) is 11.5 Å². The number of rotatable bonds is 13. The summed E-state index contributed by atoms with van der Waals surface area (Å²) < 4.78 is 11.9. The quantitative estimate of drug-likeness (QED) is 0.318. The van der Waals surface area contributed by atoms with Crippen molar-refractivity contribution in [3.05, 3.63) is 47.5 Å². The average Bonchev–Trinajstić information content (AvgIpc) is 2.75. The monoisotopic (exact) mass is 476 g/mol. The zero-order valence-corrected chi connectivity index (χ0v) is 20.4. The van der Waals surface area contributed by atoms with Gasteiger partial charge in [-0.05, 0) is 77.6 Å². The minimum Gasteiger partial charge on any atom is -0.494 e. The molecular weight excluding hydrogens is 444 g/mol. The van der Waals surface area contributed by atoms with Crippen LogP contribution in [0.15, 0.2) is 42.5 Å². The van der Waals surface area contributed by atoms with E-state index in [4.69, 9.17) is 21.1 Å². The second-order valence-corrected chi connectivity index (χ2v) is 9.83. The number of carboxylic acids is 2. The number of ether oxygens (including phenoxy) is 2. The lowest BCUT2D eigenvalue weighted by Crippen LogP contribution is -2.24. The molecule has 0 aliphatic heterocycles. The van der Waals surface area contributed by atoms with E-state index < -0.39 is 22.8 Å². The third kappa shape index (κ3) is 7.67. The summed E-state index contributed by atoms with van der Waals surface area (Å²) >= 11 is 6.43. The van der Waals surface area contributed by atoms with Crippen molar-refractivity contribution < 1.29 is 29.3 Å². The van der Waals surface area contributed by atoms with Gasteiger partial charge in [-0.2, -0.15) is 0 Å². The minimum absolute atomic E-state index is 0.374. The Morgan fingerprint density at radius 2 is 1.36 bits per heavy atom. The smallest absolute Gasteiger partial charge is 0.309 e. The van der Waals surface area contributed by atoms with E-state index in [2.05, 4.69) is 0 Å². The van der Waals surface area contributed by atoms with Gasteiger partial charge in [-0.3, -0.25) is 9.59 Å². The van der Waals surface area contributed by atoms with E-state index in [0.29, 0.717) is 55.4 Å². The Kier molecular flexibility index (Phi) is 9.17. The van der Waals surface area contributed by atoms with Crippen molar-refractivity contribution in [2.45, 2.75) is 53.4 Å². The van der Waals surface area contributed by atoms with Gasteiger partial charge in [0, 0.05) is 16.1 Å². The normalized spacial score (nSPS) is 11.8. The van der Waals surface area contributed by atoms with Crippen molar-refractivity contribution in [3.8, 4) is 22.6 Å². The predicted molar refractivity (Wildman–Crippen MR) is 129 cm³/mol. The van der Waals surface area contributed by atoms with Gasteiger partial charge in [-0.1, -0.05) is 29.8 Å². The van der Waals surface area contributed by atoms with Gasteiger partial charge in [-0.25, -0.2) is 0 Å². The molecule has 0 aromatic heterocycles. The van der Waals surface area contributed by atoms with Crippen molar-refractivity contribution in [2.24, 2.45) is 10.8 Å². The van der Waals surface area contributed by atoms with E-state index >= 15 is 0 Å². The van der Waals surface area contributed by atoms with E-state index in [9.17, 15) is 19.8 Å². The molecule has 0 heterocycles. The summed E-state index contributed by atoms with van der Waals surface area (Å²) in [7, 11) is 0. The zero-order valence-electron chi connectivity index (χ0n) is 19.7. The molecule has 2 aromatic carbocycles.